The number of rotatable bonds is 3. The highest BCUT2D eigenvalue weighted by molar-refractivity contribution is 5.28. The van der Waals surface area contributed by atoms with Crippen LogP contribution in [-0.2, 0) is 0 Å². The van der Waals surface area contributed by atoms with Crippen molar-refractivity contribution in [2.45, 2.75) is 25.5 Å². The maximum Gasteiger partial charge on any atom is 0.134 e. The van der Waals surface area contributed by atoms with E-state index in [1.807, 2.05) is 14.1 Å². The number of piperazine rings is 1. The van der Waals surface area contributed by atoms with Crippen LogP contribution in [0.15, 0.2) is 12.1 Å². The lowest BCUT2D eigenvalue weighted by Crippen LogP contribution is -2.50. The van der Waals surface area contributed by atoms with Crippen molar-refractivity contribution in [3.8, 4) is 0 Å². The fourth-order valence-electron chi connectivity index (χ4n) is 2.72. The van der Waals surface area contributed by atoms with Crippen LogP contribution in [0.4, 0.5) is 8.78 Å². The van der Waals surface area contributed by atoms with Crippen LogP contribution in [0.5, 0.6) is 0 Å². The van der Waals surface area contributed by atoms with E-state index in [1.165, 1.54) is 12.1 Å². The fourth-order valence-corrected chi connectivity index (χ4v) is 2.72. The van der Waals surface area contributed by atoms with Crippen molar-refractivity contribution >= 4 is 0 Å². The fraction of sp³-hybridized carbons (Fsp3) is 0.600. The number of benzene rings is 1. The second kappa shape index (κ2) is 6.16. The van der Waals surface area contributed by atoms with E-state index in [0.29, 0.717) is 12.0 Å². The van der Waals surface area contributed by atoms with Gasteiger partial charge in [-0.25, -0.2) is 8.78 Å². The van der Waals surface area contributed by atoms with E-state index in [-0.39, 0.29) is 11.6 Å². The van der Waals surface area contributed by atoms with Gasteiger partial charge in [0, 0.05) is 25.7 Å². The number of hydrogen-bond donors (Lipinski definition) is 1. The van der Waals surface area contributed by atoms with Gasteiger partial charge in [-0.3, -0.25) is 0 Å². The highest BCUT2D eigenvalue weighted by atomic mass is 19.1. The molecule has 2 unspecified atom stereocenters. The van der Waals surface area contributed by atoms with Crippen LogP contribution in [0.3, 0.4) is 0 Å². The lowest BCUT2D eigenvalue weighted by Gasteiger charge is -2.38. The summed E-state index contributed by atoms with van der Waals surface area (Å²) in [5, 5.41) is 10.2. The summed E-state index contributed by atoms with van der Waals surface area (Å²) in [5.74, 6) is -1.31. The molecule has 1 aliphatic heterocycles. The predicted octanol–water partition coefficient (Wildman–Crippen LogP) is 1.94. The molecule has 0 spiro atoms. The van der Waals surface area contributed by atoms with E-state index in [4.69, 9.17) is 0 Å². The maximum absolute atomic E-state index is 14.0. The van der Waals surface area contributed by atoms with Gasteiger partial charge >= 0.3 is 0 Å². The number of nitrogens with zero attached hydrogens (tertiary/aromatic N) is 2. The number of hydrogen-bond acceptors (Lipinski definition) is 3. The molecule has 1 aromatic rings. The van der Waals surface area contributed by atoms with Gasteiger partial charge in [-0.1, -0.05) is 6.07 Å². The molecule has 1 aromatic carbocycles. The Morgan fingerprint density at radius 1 is 1.30 bits per heavy atom. The van der Waals surface area contributed by atoms with Gasteiger partial charge in [0.1, 0.15) is 11.6 Å². The molecule has 1 aliphatic rings. The Labute approximate surface area is 118 Å². The second-order valence-electron chi connectivity index (χ2n) is 5.74. The lowest BCUT2D eigenvalue weighted by atomic mass is 9.97. The lowest BCUT2D eigenvalue weighted by molar-refractivity contribution is 0.0607. The molecule has 0 saturated carbocycles. The van der Waals surface area contributed by atoms with E-state index in [1.54, 1.807) is 6.92 Å². The van der Waals surface area contributed by atoms with E-state index in [2.05, 4.69) is 9.80 Å². The van der Waals surface area contributed by atoms with Gasteiger partial charge in [0.25, 0.3) is 0 Å². The third kappa shape index (κ3) is 3.16. The largest absolute Gasteiger partial charge is 0.388 e. The minimum Gasteiger partial charge on any atom is -0.388 e. The highest BCUT2D eigenvalue weighted by Gasteiger charge is 2.28. The number of likely N-dealkylation sites (N-methyl/N-ethyl adjacent to an activating group) is 2. The Morgan fingerprint density at radius 2 is 2.00 bits per heavy atom. The summed E-state index contributed by atoms with van der Waals surface area (Å²) in [6, 6.07) is 2.71. The summed E-state index contributed by atoms with van der Waals surface area (Å²) >= 11 is 0. The molecule has 0 amide bonds. The van der Waals surface area contributed by atoms with Crippen molar-refractivity contribution in [2.75, 3.05) is 33.7 Å². The molecule has 3 nitrogen and oxygen atoms in total. The van der Waals surface area contributed by atoms with Crippen LogP contribution in [0.25, 0.3) is 0 Å². The van der Waals surface area contributed by atoms with Gasteiger partial charge in [0.05, 0.1) is 11.7 Å². The Hall–Kier alpha value is -1.04. The summed E-state index contributed by atoms with van der Waals surface area (Å²) in [6.07, 6.45) is -0.785. The number of aryl methyl sites for hydroxylation is 1. The first-order valence-corrected chi connectivity index (χ1v) is 6.91. The van der Waals surface area contributed by atoms with Gasteiger partial charge in [0.2, 0.25) is 0 Å². The van der Waals surface area contributed by atoms with Crippen LogP contribution in [0.2, 0.25) is 0 Å². The van der Waals surface area contributed by atoms with Gasteiger partial charge in [-0.15, -0.1) is 0 Å². The monoisotopic (exact) mass is 284 g/mol. The molecule has 0 radical (unpaired) electrons. The molecule has 2 rings (SSSR count). The summed E-state index contributed by atoms with van der Waals surface area (Å²) in [4.78, 5) is 4.30. The predicted molar refractivity (Wildman–Crippen MR) is 74.6 cm³/mol. The van der Waals surface area contributed by atoms with Gasteiger partial charge < -0.3 is 14.9 Å². The van der Waals surface area contributed by atoms with Crippen molar-refractivity contribution in [3.63, 3.8) is 0 Å². The normalized spacial score (nSPS) is 23.0. The molecular formula is C15H22F2N2O. The number of halogens is 2. The number of aliphatic hydroxyl groups excluding tert-OH is 1. The van der Waals surface area contributed by atoms with Crippen molar-refractivity contribution in [2.24, 2.45) is 0 Å². The minimum atomic E-state index is -1.12. The molecule has 0 aromatic heterocycles. The SMILES string of the molecule is Cc1ccc(F)c(C(O)CC2CN(C)CCN2C)c1F. The van der Waals surface area contributed by atoms with Crippen LogP contribution in [0.1, 0.15) is 23.7 Å². The first-order chi connectivity index (χ1) is 9.40. The quantitative estimate of drug-likeness (QED) is 0.919. The molecule has 2 atom stereocenters. The van der Waals surface area contributed by atoms with E-state index >= 15 is 0 Å². The van der Waals surface area contributed by atoms with Gasteiger partial charge in [0.15, 0.2) is 0 Å². The molecule has 5 heteroatoms. The highest BCUT2D eigenvalue weighted by Crippen LogP contribution is 2.28. The topological polar surface area (TPSA) is 26.7 Å². The Balaban J connectivity index is 2.16. The molecule has 1 heterocycles. The van der Waals surface area contributed by atoms with E-state index < -0.39 is 17.7 Å². The van der Waals surface area contributed by atoms with Crippen LogP contribution in [0, 0.1) is 18.6 Å². The smallest absolute Gasteiger partial charge is 0.134 e. The van der Waals surface area contributed by atoms with Crippen molar-refractivity contribution in [3.05, 3.63) is 34.9 Å². The van der Waals surface area contributed by atoms with Gasteiger partial charge in [-0.05, 0) is 39.1 Å². The van der Waals surface area contributed by atoms with Gasteiger partial charge in [-0.2, -0.15) is 0 Å². The van der Waals surface area contributed by atoms with E-state index in [9.17, 15) is 13.9 Å². The Bertz CT molecular complexity index is 481. The molecular weight excluding hydrogens is 262 g/mol. The minimum absolute atomic E-state index is 0.100. The maximum atomic E-state index is 14.0. The molecule has 20 heavy (non-hydrogen) atoms. The van der Waals surface area contributed by atoms with Crippen LogP contribution < -0.4 is 0 Å². The van der Waals surface area contributed by atoms with E-state index in [0.717, 1.165) is 19.6 Å². The molecule has 1 saturated heterocycles. The summed E-state index contributed by atoms with van der Waals surface area (Å²) in [7, 11) is 3.99. The molecule has 0 aliphatic carbocycles. The third-order valence-electron chi connectivity index (χ3n) is 4.13. The standard InChI is InChI=1S/C15H22F2N2O/c1-10-4-5-12(16)14(15(10)17)13(20)8-11-9-18(2)6-7-19(11)3/h4-5,11,13,20H,6-9H2,1-3H3. The van der Waals surface area contributed by atoms with Crippen molar-refractivity contribution in [1.82, 2.24) is 9.80 Å². The summed E-state index contributed by atoms with van der Waals surface area (Å²) in [5.41, 5.74) is 0.154. The molecule has 1 fully saturated rings. The van der Waals surface area contributed by atoms with Crippen molar-refractivity contribution < 1.29 is 13.9 Å². The first-order valence-electron chi connectivity index (χ1n) is 6.91. The summed E-state index contributed by atoms with van der Waals surface area (Å²) < 4.78 is 27.8. The average molecular weight is 284 g/mol. The zero-order valence-corrected chi connectivity index (χ0v) is 12.2. The summed E-state index contributed by atoms with van der Waals surface area (Å²) in [6.45, 7) is 4.23. The van der Waals surface area contributed by atoms with Crippen molar-refractivity contribution in [1.29, 1.82) is 0 Å². The zero-order chi connectivity index (χ0) is 14.9. The molecule has 112 valence electrons. The number of aliphatic hydroxyl groups is 1. The molecule has 1 N–H and O–H groups in total. The Morgan fingerprint density at radius 3 is 2.70 bits per heavy atom. The first kappa shape index (κ1) is 15.4. The zero-order valence-electron chi connectivity index (χ0n) is 12.2. The van der Waals surface area contributed by atoms with Crippen LogP contribution in [-0.4, -0.2) is 54.7 Å². The second-order valence-corrected chi connectivity index (χ2v) is 5.74. The Kier molecular flexibility index (Phi) is 4.73. The van der Waals surface area contributed by atoms with Crippen LogP contribution >= 0.6 is 0 Å². The third-order valence-corrected chi connectivity index (χ3v) is 4.13. The average Bonchev–Trinajstić information content (AvgIpc) is 2.39. The molecule has 0 bridgehead atoms.